The van der Waals surface area contributed by atoms with Crippen LogP contribution in [0.2, 0.25) is 0 Å². The molecule has 0 fully saturated rings. The molecule has 0 radical (unpaired) electrons. The molecule has 120 valence electrons. The van der Waals surface area contributed by atoms with Gasteiger partial charge in [0.2, 0.25) is 0 Å². The molecule has 5 nitrogen and oxygen atoms in total. The van der Waals surface area contributed by atoms with Crippen LogP contribution in [0.15, 0.2) is 18.2 Å². The fraction of sp³-hybridized carbons (Fsp3) is 0.625. The highest BCUT2D eigenvalue weighted by Gasteiger charge is 2.06. The van der Waals surface area contributed by atoms with Gasteiger partial charge in [0.1, 0.15) is 6.61 Å². The van der Waals surface area contributed by atoms with E-state index in [0.29, 0.717) is 12.4 Å². The second-order valence-corrected chi connectivity index (χ2v) is 4.51. The SMILES string of the molecule is CCOCCCNCc1ccc(OCCO)c(OCC)c1. The molecule has 0 saturated carbocycles. The number of hydrogen-bond acceptors (Lipinski definition) is 5. The lowest BCUT2D eigenvalue weighted by Crippen LogP contribution is -2.16. The Balaban J connectivity index is 2.45. The van der Waals surface area contributed by atoms with Crippen LogP contribution in [-0.2, 0) is 11.3 Å². The number of aliphatic hydroxyl groups is 1. The van der Waals surface area contributed by atoms with E-state index < -0.39 is 0 Å². The van der Waals surface area contributed by atoms with Gasteiger partial charge < -0.3 is 24.6 Å². The van der Waals surface area contributed by atoms with Crippen molar-refractivity contribution in [3.63, 3.8) is 0 Å². The Bertz CT molecular complexity index is 385. The Morgan fingerprint density at radius 2 is 1.90 bits per heavy atom. The predicted molar refractivity (Wildman–Crippen MR) is 83.0 cm³/mol. The predicted octanol–water partition coefficient (Wildman–Crippen LogP) is 1.97. The second-order valence-electron chi connectivity index (χ2n) is 4.51. The van der Waals surface area contributed by atoms with E-state index in [-0.39, 0.29) is 13.2 Å². The Morgan fingerprint density at radius 3 is 2.62 bits per heavy atom. The molecule has 5 heteroatoms. The van der Waals surface area contributed by atoms with Crippen LogP contribution in [0.1, 0.15) is 25.8 Å². The summed E-state index contributed by atoms with van der Waals surface area (Å²) in [5.41, 5.74) is 1.14. The van der Waals surface area contributed by atoms with Crippen molar-refractivity contribution in [2.75, 3.05) is 39.6 Å². The van der Waals surface area contributed by atoms with Crippen LogP contribution < -0.4 is 14.8 Å². The molecule has 0 aromatic heterocycles. The monoisotopic (exact) mass is 297 g/mol. The van der Waals surface area contributed by atoms with E-state index in [1.807, 2.05) is 32.0 Å². The minimum absolute atomic E-state index is 0.00525. The first-order valence-electron chi connectivity index (χ1n) is 7.59. The maximum absolute atomic E-state index is 8.82. The quantitative estimate of drug-likeness (QED) is 0.578. The van der Waals surface area contributed by atoms with Crippen molar-refractivity contribution in [2.45, 2.75) is 26.8 Å². The lowest BCUT2D eigenvalue weighted by Gasteiger charge is -2.13. The molecule has 0 unspecified atom stereocenters. The largest absolute Gasteiger partial charge is 0.490 e. The summed E-state index contributed by atoms with van der Waals surface area (Å²) in [4.78, 5) is 0. The average Bonchev–Trinajstić information content (AvgIpc) is 2.50. The minimum Gasteiger partial charge on any atom is -0.490 e. The van der Waals surface area contributed by atoms with Crippen LogP contribution in [0.5, 0.6) is 11.5 Å². The van der Waals surface area contributed by atoms with Gasteiger partial charge in [-0.3, -0.25) is 0 Å². The van der Waals surface area contributed by atoms with Crippen molar-refractivity contribution in [1.82, 2.24) is 5.32 Å². The molecular weight excluding hydrogens is 270 g/mol. The molecule has 0 heterocycles. The zero-order chi connectivity index (χ0) is 15.3. The van der Waals surface area contributed by atoms with Gasteiger partial charge in [0.05, 0.1) is 13.2 Å². The number of nitrogens with one attached hydrogen (secondary N) is 1. The van der Waals surface area contributed by atoms with Crippen LogP contribution in [0.4, 0.5) is 0 Å². The molecule has 1 aromatic carbocycles. The first-order valence-corrected chi connectivity index (χ1v) is 7.59. The molecule has 0 aliphatic carbocycles. The zero-order valence-electron chi connectivity index (χ0n) is 13.1. The van der Waals surface area contributed by atoms with E-state index in [9.17, 15) is 0 Å². The molecule has 0 atom stereocenters. The first kappa shape index (κ1) is 17.8. The van der Waals surface area contributed by atoms with Gasteiger partial charge in [-0.25, -0.2) is 0 Å². The highest BCUT2D eigenvalue weighted by molar-refractivity contribution is 5.43. The smallest absolute Gasteiger partial charge is 0.161 e. The molecule has 0 spiro atoms. The number of rotatable bonds is 12. The third-order valence-electron chi connectivity index (χ3n) is 2.83. The van der Waals surface area contributed by atoms with E-state index in [2.05, 4.69) is 5.32 Å². The minimum atomic E-state index is -0.00525. The number of ether oxygens (including phenoxy) is 3. The van der Waals surface area contributed by atoms with Crippen molar-refractivity contribution in [3.8, 4) is 11.5 Å². The van der Waals surface area contributed by atoms with Gasteiger partial charge in [-0.1, -0.05) is 6.07 Å². The van der Waals surface area contributed by atoms with Crippen LogP contribution in [0, 0.1) is 0 Å². The van der Waals surface area contributed by atoms with E-state index in [1.54, 1.807) is 0 Å². The summed E-state index contributed by atoms with van der Waals surface area (Å²) in [7, 11) is 0. The van der Waals surface area contributed by atoms with Crippen molar-refractivity contribution in [1.29, 1.82) is 0 Å². The average molecular weight is 297 g/mol. The van der Waals surface area contributed by atoms with Crippen LogP contribution in [0.3, 0.4) is 0 Å². The molecule has 1 rings (SSSR count). The molecule has 0 amide bonds. The normalized spacial score (nSPS) is 10.6. The Hall–Kier alpha value is -1.30. The highest BCUT2D eigenvalue weighted by atomic mass is 16.5. The molecule has 21 heavy (non-hydrogen) atoms. The summed E-state index contributed by atoms with van der Waals surface area (Å²) >= 11 is 0. The van der Waals surface area contributed by atoms with E-state index in [4.69, 9.17) is 19.3 Å². The van der Waals surface area contributed by atoms with E-state index in [1.165, 1.54) is 0 Å². The molecule has 1 aromatic rings. The number of benzene rings is 1. The molecule has 0 saturated heterocycles. The van der Waals surface area contributed by atoms with Gasteiger partial charge in [0.15, 0.2) is 11.5 Å². The van der Waals surface area contributed by atoms with Crippen molar-refractivity contribution in [3.05, 3.63) is 23.8 Å². The Kier molecular flexibility index (Phi) is 9.61. The van der Waals surface area contributed by atoms with Crippen LogP contribution in [-0.4, -0.2) is 44.7 Å². The Labute approximate surface area is 127 Å². The zero-order valence-corrected chi connectivity index (χ0v) is 13.1. The summed E-state index contributed by atoms with van der Waals surface area (Å²) in [5, 5.41) is 12.2. The molecule has 2 N–H and O–H groups in total. The van der Waals surface area contributed by atoms with Crippen molar-refractivity contribution < 1.29 is 19.3 Å². The fourth-order valence-corrected chi connectivity index (χ4v) is 1.88. The maximum Gasteiger partial charge on any atom is 0.161 e. The topological polar surface area (TPSA) is 60.0 Å². The number of aliphatic hydroxyl groups excluding tert-OH is 1. The second kappa shape index (κ2) is 11.4. The third-order valence-corrected chi connectivity index (χ3v) is 2.83. The van der Waals surface area contributed by atoms with Crippen LogP contribution in [0.25, 0.3) is 0 Å². The van der Waals surface area contributed by atoms with Crippen LogP contribution >= 0.6 is 0 Å². The van der Waals surface area contributed by atoms with Gasteiger partial charge >= 0.3 is 0 Å². The van der Waals surface area contributed by atoms with E-state index in [0.717, 1.165) is 44.0 Å². The summed E-state index contributed by atoms with van der Waals surface area (Å²) in [6.45, 7) is 8.07. The standard InChI is InChI=1S/C16H27NO4/c1-3-19-10-5-8-17-13-14-6-7-15(21-11-9-18)16(12-14)20-4-2/h6-7,12,17-18H,3-5,8-11,13H2,1-2H3. The summed E-state index contributed by atoms with van der Waals surface area (Å²) < 4.78 is 16.3. The first-order chi connectivity index (χ1) is 10.3. The lowest BCUT2D eigenvalue weighted by atomic mass is 10.2. The van der Waals surface area contributed by atoms with Gasteiger partial charge in [-0.15, -0.1) is 0 Å². The van der Waals surface area contributed by atoms with Crippen molar-refractivity contribution >= 4 is 0 Å². The molecule has 0 aliphatic heterocycles. The third kappa shape index (κ3) is 7.32. The van der Waals surface area contributed by atoms with Gasteiger partial charge in [0, 0.05) is 19.8 Å². The highest BCUT2D eigenvalue weighted by Crippen LogP contribution is 2.28. The van der Waals surface area contributed by atoms with Gasteiger partial charge in [-0.2, -0.15) is 0 Å². The van der Waals surface area contributed by atoms with Crippen molar-refractivity contribution in [2.24, 2.45) is 0 Å². The Morgan fingerprint density at radius 1 is 1.05 bits per heavy atom. The summed E-state index contributed by atoms with van der Waals surface area (Å²) in [6.07, 6.45) is 1.00. The maximum atomic E-state index is 8.82. The van der Waals surface area contributed by atoms with E-state index >= 15 is 0 Å². The molecular formula is C16H27NO4. The van der Waals surface area contributed by atoms with Gasteiger partial charge in [0.25, 0.3) is 0 Å². The van der Waals surface area contributed by atoms with Gasteiger partial charge in [-0.05, 0) is 44.5 Å². The molecule has 0 bridgehead atoms. The number of hydrogen-bond donors (Lipinski definition) is 2. The summed E-state index contributed by atoms with van der Waals surface area (Å²) in [5.74, 6) is 1.39. The molecule has 0 aliphatic rings. The summed E-state index contributed by atoms with van der Waals surface area (Å²) in [6, 6.07) is 5.87. The fourth-order valence-electron chi connectivity index (χ4n) is 1.88. The lowest BCUT2D eigenvalue weighted by molar-refractivity contribution is 0.144.